The smallest absolute Gasteiger partial charge is 0.0255 e. The Hall–Kier alpha value is 0. The Morgan fingerprint density at radius 3 is 2.67 bits per heavy atom. The van der Waals surface area contributed by atoms with Crippen LogP contribution in [0.2, 0.25) is 0 Å². The molecule has 64 valence electrons. The number of rotatable bonds is 0. The zero-order valence-electron chi connectivity index (χ0n) is 7.50. The van der Waals surface area contributed by atoms with E-state index in [2.05, 4.69) is 0 Å². The van der Waals surface area contributed by atoms with Gasteiger partial charge in [-0.3, -0.25) is 0 Å². The molecule has 0 radical (unpaired) electrons. The van der Waals surface area contributed by atoms with Gasteiger partial charge in [-0.25, -0.2) is 0 Å². The molecule has 1 spiro atoms. The highest BCUT2D eigenvalue weighted by Crippen LogP contribution is 2.83. The van der Waals surface area contributed by atoms with Gasteiger partial charge in [0.1, 0.15) is 0 Å². The molecule has 7 unspecified atom stereocenters. The van der Waals surface area contributed by atoms with Crippen molar-refractivity contribution >= 4 is 0 Å². The van der Waals surface area contributed by atoms with Crippen LogP contribution in [0.4, 0.5) is 0 Å². The fourth-order valence-corrected chi connectivity index (χ4v) is 6.68. The summed E-state index contributed by atoms with van der Waals surface area (Å²) in [5.74, 6) is 7.43. The lowest BCUT2D eigenvalue weighted by molar-refractivity contribution is -0.0553. The first-order valence-electron chi connectivity index (χ1n) is 5.87. The maximum Gasteiger partial charge on any atom is -0.0255 e. The minimum atomic E-state index is 0.968. The Morgan fingerprint density at radius 2 is 1.67 bits per heavy atom. The topological polar surface area (TPSA) is 0 Å². The van der Waals surface area contributed by atoms with Gasteiger partial charge in [0.25, 0.3) is 0 Å². The molecule has 0 aromatic rings. The van der Waals surface area contributed by atoms with Gasteiger partial charge in [0.2, 0.25) is 0 Å². The summed E-state index contributed by atoms with van der Waals surface area (Å²) in [5.41, 5.74) is 0.968. The first-order chi connectivity index (χ1) is 5.87. The second-order valence-corrected chi connectivity index (χ2v) is 6.48. The standard InChI is InChI=1S/C12H16/c1-6-2-8-10-5-12(4-9(6)10)3-7(1)11(8)12/h6-11H,1-5H2. The molecule has 7 atom stereocenters. The highest BCUT2D eigenvalue weighted by atomic mass is 14.8. The Balaban J connectivity index is 1.85. The van der Waals surface area contributed by atoms with Crippen LogP contribution in [0.1, 0.15) is 32.1 Å². The first-order valence-corrected chi connectivity index (χ1v) is 5.87. The molecule has 0 saturated heterocycles. The largest absolute Gasteiger partial charge is 0.0470 e. The quantitative estimate of drug-likeness (QED) is 0.511. The summed E-state index contributed by atoms with van der Waals surface area (Å²) in [6, 6.07) is 0. The van der Waals surface area contributed by atoms with Crippen LogP contribution in [0.5, 0.6) is 0 Å². The van der Waals surface area contributed by atoms with Crippen LogP contribution in [-0.4, -0.2) is 0 Å². The van der Waals surface area contributed by atoms with E-state index in [1.807, 2.05) is 0 Å². The summed E-state index contributed by atoms with van der Waals surface area (Å²) in [6.45, 7) is 0. The molecule has 5 aliphatic carbocycles. The molecule has 0 N–H and O–H groups in total. The Morgan fingerprint density at radius 1 is 0.750 bits per heavy atom. The first kappa shape index (κ1) is 5.67. The number of hydrogen-bond donors (Lipinski definition) is 0. The molecule has 4 bridgehead atoms. The normalized spacial score (nSPS) is 80.0. The molecule has 0 aliphatic heterocycles. The summed E-state index contributed by atoms with van der Waals surface area (Å²) in [7, 11) is 0. The van der Waals surface area contributed by atoms with Crippen molar-refractivity contribution in [2.45, 2.75) is 32.1 Å². The van der Waals surface area contributed by atoms with E-state index in [1.54, 1.807) is 32.1 Å². The molecule has 5 saturated carbocycles. The lowest BCUT2D eigenvalue weighted by Crippen LogP contribution is -2.47. The fourth-order valence-electron chi connectivity index (χ4n) is 6.68. The predicted molar refractivity (Wildman–Crippen MR) is 46.5 cm³/mol. The van der Waals surface area contributed by atoms with Crippen LogP contribution in [-0.2, 0) is 0 Å². The number of fused-ring (bicyclic) bond motifs is 2. The average molecular weight is 160 g/mol. The molecule has 5 rings (SSSR count). The molecule has 0 amide bonds. The van der Waals surface area contributed by atoms with Gasteiger partial charge in [0.05, 0.1) is 0 Å². The van der Waals surface area contributed by atoms with E-state index in [1.165, 1.54) is 35.5 Å². The maximum absolute atomic E-state index is 1.68. The van der Waals surface area contributed by atoms with Crippen molar-refractivity contribution in [3.05, 3.63) is 0 Å². The van der Waals surface area contributed by atoms with Crippen LogP contribution >= 0.6 is 0 Å². The van der Waals surface area contributed by atoms with Gasteiger partial charge in [-0.15, -0.1) is 0 Å². The summed E-state index contributed by atoms with van der Waals surface area (Å²) < 4.78 is 0. The molecular formula is C12H16. The Kier molecular flexibility index (Phi) is 0.618. The molecule has 0 aromatic carbocycles. The van der Waals surface area contributed by atoms with E-state index in [0.717, 1.165) is 5.41 Å². The van der Waals surface area contributed by atoms with Crippen molar-refractivity contribution in [1.29, 1.82) is 0 Å². The minimum Gasteiger partial charge on any atom is -0.0470 e. The summed E-state index contributed by atoms with van der Waals surface area (Å²) >= 11 is 0. The zero-order chi connectivity index (χ0) is 7.50. The van der Waals surface area contributed by atoms with Crippen molar-refractivity contribution < 1.29 is 0 Å². The van der Waals surface area contributed by atoms with Crippen molar-refractivity contribution in [2.75, 3.05) is 0 Å². The Labute approximate surface area is 73.7 Å². The van der Waals surface area contributed by atoms with Gasteiger partial charge in [-0.2, -0.15) is 0 Å². The fraction of sp³-hybridized carbons (Fsp3) is 1.00. The maximum atomic E-state index is 1.68. The van der Waals surface area contributed by atoms with Crippen LogP contribution in [0.15, 0.2) is 0 Å². The predicted octanol–water partition coefficient (Wildman–Crippen LogP) is 2.69. The van der Waals surface area contributed by atoms with Crippen LogP contribution in [0.3, 0.4) is 0 Å². The van der Waals surface area contributed by atoms with E-state index in [0.29, 0.717) is 0 Å². The van der Waals surface area contributed by atoms with Gasteiger partial charge in [0, 0.05) is 0 Å². The van der Waals surface area contributed by atoms with Gasteiger partial charge >= 0.3 is 0 Å². The zero-order valence-corrected chi connectivity index (χ0v) is 7.50. The molecule has 0 heterocycles. The van der Waals surface area contributed by atoms with Crippen LogP contribution in [0, 0.1) is 40.9 Å². The van der Waals surface area contributed by atoms with Crippen molar-refractivity contribution in [1.82, 2.24) is 0 Å². The van der Waals surface area contributed by atoms with Crippen LogP contribution < -0.4 is 0 Å². The van der Waals surface area contributed by atoms with E-state index < -0.39 is 0 Å². The summed E-state index contributed by atoms with van der Waals surface area (Å²) in [5, 5.41) is 0. The van der Waals surface area contributed by atoms with E-state index in [-0.39, 0.29) is 0 Å². The van der Waals surface area contributed by atoms with Crippen LogP contribution in [0.25, 0.3) is 0 Å². The SMILES string of the molecule is C1C2CC3C4CC5(CC1C35)CC24. The van der Waals surface area contributed by atoms with E-state index in [9.17, 15) is 0 Å². The Bertz CT molecular complexity index is 276. The molecule has 12 heavy (non-hydrogen) atoms. The monoisotopic (exact) mass is 160 g/mol. The lowest BCUT2D eigenvalue weighted by atomic mass is 9.50. The minimum absolute atomic E-state index is 0.968. The molecule has 0 aromatic heterocycles. The second kappa shape index (κ2) is 1.31. The highest BCUT2D eigenvalue weighted by Gasteiger charge is 2.75. The molecule has 5 fully saturated rings. The summed E-state index contributed by atoms with van der Waals surface area (Å²) in [6.07, 6.45) is 8.35. The lowest BCUT2D eigenvalue weighted by Gasteiger charge is -2.54. The van der Waals surface area contributed by atoms with Crippen molar-refractivity contribution in [3.8, 4) is 0 Å². The van der Waals surface area contributed by atoms with E-state index in [4.69, 9.17) is 0 Å². The molecular weight excluding hydrogens is 144 g/mol. The van der Waals surface area contributed by atoms with Crippen molar-refractivity contribution in [2.24, 2.45) is 40.9 Å². The average Bonchev–Trinajstić information content (AvgIpc) is 2.50. The van der Waals surface area contributed by atoms with E-state index >= 15 is 0 Å². The van der Waals surface area contributed by atoms with Crippen molar-refractivity contribution in [3.63, 3.8) is 0 Å². The second-order valence-electron chi connectivity index (χ2n) is 6.48. The third-order valence-electron chi connectivity index (χ3n) is 6.52. The van der Waals surface area contributed by atoms with Gasteiger partial charge in [0.15, 0.2) is 0 Å². The molecule has 0 heteroatoms. The van der Waals surface area contributed by atoms with Gasteiger partial charge in [-0.1, -0.05) is 0 Å². The number of hydrogen-bond acceptors (Lipinski definition) is 0. The van der Waals surface area contributed by atoms with Gasteiger partial charge in [-0.05, 0) is 73.0 Å². The molecule has 5 aliphatic rings. The summed E-state index contributed by atoms with van der Waals surface area (Å²) in [4.78, 5) is 0. The third kappa shape index (κ3) is 0.337. The third-order valence-corrected chi connectivity index (χ3v) is 6.52. The highest BCUT2D eigenvalue weighted by molar-refractivity contribution is 5.24. The molecule has 0 nitrogen and oxygen atoms in total. The van der Waals surface area contributed by atoms with Gasteiger partial charge < -0.3 is 0 Å².